The summed E-state index contributed by atoms with van der Waals surface area (Å²) in [6.45, 7) is 5.21. The van der Waals surface area contributed by atoms with Crippen LogP contribution in [0.1, 0.15) is 31.4 Å². The number of aliphatic hydroxyl groups is 1. The standard InChI is InChI=1S/C24H30N4O6/c1-16(2)19-11-21(34-23(12-19)33-15-18-5-3-17(14-29)4-6-18)24(30)26-10-9-25-22-8-7-20(13-27-22)28(31)32/h3-8,11,13,16,19,23,29H,9-10,12,14-15H2,1-2H3,(H,25,27)(H,26,30). The topological polar surface area (TPSA) is 136 Å². The van der Waals surface area contributed by atoms with E-state index < -0.39 is 11.2 Å². The highest BCUT2D eigenvalue weighted by atomic mass is 16.7. The van der Waals surface area contributed by atoms with Gasteiger partial charge in [-0.25, -0.2) is 4.98 Å². The Bertz CT molecular complexity index is 992. The number of amides is 1. The molecule has 2 unspecified atom stereocenters. The molecule has 1 aliphatic rings. The van der Waals surface area contributed by atoms with Crippen molar-refractivity contribution >= 4 is 17.4 Å². The summed E-state index contributed by atoms with van der Waals surface area (Å²) in [6.07, 6.45) is 3.13. The Morgan fingerprint density at radius 2 is 1.97 bits per heavy atom. The molecule has 182 valence electrons. The zero-order chi connectivity index (χ0) is 24.5. The second-order valence-electron chi connectivity index (χ2n) is 8.35. The number of benzene rings is 1. The minimum Gasteiger partial charge on any atom is -0.459 e. The van der Waals surface area contributed by atoms with Crippen LogP contribution in [0.15, 0.2) is 54.4 Å². The van der Waals surface area contributed by atoms with Crippen LogP contribution in [0.3, 0.4) is 0 Å². The van der Waals surface area contributed by atoms with Crippen LogP contribution in [-0.2, 0) is 27.5 Å². The first kappa shape index (κ1) is 25.1. The van der Waals surface area contributed by atoms with Gasteiger partial charge in [-0.2, -0.15) is 0 Å². The van der Waals surface area contributed by atoms with Gasteiger partial charge in [-0.1, -0.05) is 38.1 Å². The van der Waals surface area contributed by atoms with Crippen molar-refractivity contribution in [2.24, 2.45) is 11.8 Å². The monoisotopic (exact) mass is 470 g/mol. The molecular formula is C24H30N4O6. The molecule has 2 atom stereocenters. The Kier molecular flexibility index (Phi) is 8.94. The van der Waals surface area contributed by atoms with E-state index in [0.717, 1.165) is 11.1 Å². The molecule has 3 rings (SSSR count). The summed E-state index contributed by atoms with van der Waals surface area (Å²) in [6, 6.07) is 10.4. The normalized spacial score (nSPS) is 17.6. The fourth-order valence-electron chi connectivity index (χ4n) is 3.39. The van der Waals surface area contributed by atoms with Gasteiger partial charge in [0.1, 0.15) is 12.0 Å². The first-order chi connectivity index (χ1) is 16.4. The second-order valence-corrected chi connectivity index (χ2v) is 8.35. The maximum absolute atomic E-state index is 12.7. The van der Waals surface area contributed by atoms with Gasteiger partial charge < -0.3 is 25.2 Å². The van der Waals surface area contributed by atoms with Gasteiger partial charge in [0, 0.05) is 25.6 Å². The summed E-state index contributed by atoms with van der Waals surface area (Å²) in [5.74, 6) is 0.840. The van der Waals surface area contributed by atoms with Gasteiger partial charge >= 0.3 is 0 Å². The molecule has 0 saturated carbocycles. The number of nitrogens with one attached hydrogen (secondary N) is 2. The lowest BCUT2D eigenvalue weighted by molar-refractivity contribution is -0.385. The summed E-state index contributed by atoms with van der Waals surface area (Å²) < 4.78 is 11.8. The Morgan fingerprint density at radius 1 is 1.24 bits per heavy atom. The number of allylic oxidation sites excluding steroid dienone is 1. The number of ether oxygens (including phenoxy) is 2. The molecule has 0 fully saturated rings. The third-order valence-corrected chi connectivity index (χ3v) is 5.49. The van der Waals surface area contributed by atoms with Gasteiger partial charge in [-0.05, 0) is 35.1 Å². The molecule has 0 saturated heterocycles. The molecule has 1 amide bonds. The lowest BCUT2D eigenvalue weighted by Crippen LogP contribution is -2.36. The summed E-state index contributed by atoms with van der Waals surface area (Å²) >= 11 is 0. The van der Waals surface area contributed by atoms with Crippen LogP contribution in [0.4, 0.5) is 11.5 Å². The Hall–Kier alpha value is -3.50. The predicted molar refractivity (Wildman–Crippen MR) is 125 cm³/mol. The van der Waals surface area contributed by atoms with Crippen molar-refractivity contribution in [1.82, 2.24) is 10.3 Å². The highest BCUT2D eigenvalue weighted by molar-refractivity contribution is 5.91. The van der Waals surface area contributed by atoms with E-state index in [9.17, 15) is 14.9 Å². The van der Waals surface area contributed by atoms with Crippen LogP contribution >= 0.6 is 0 Å². The van der Waals surface area contributed by atoms with Gasteiger partial charge in [-0.3, -0.25) is 14.9 Å². The van der Waals surface area contributed by atoms with Crippen molar-refractivity contribution in [1.29, 1.82) is 0 Å². The van der Waals surface area contributed by atoms with Crippen LogP contribution < -0.4 is 10.6 Å². The van der Waals surface area contributed by atoms with Crippen LogP contribution in [-0.4, -0.2) is 40.3 Å². The average Bonchev–Trinajstić information content (AvgIpc) is 2.85. The van der Waals surface area contributed by atoms with E-state index >= 15 is 0 Å². The first-order valence-corrected chi connectivity index (χ1v) is 11.2. The van der Waals surface area contributed by atoms with Gasteiger partial charge in [0.05, 0.1) is 18.1 Å². The summed E-state index contributed by atoms with van der Waals surface area (Å²) in [4.78, 5) is 26.8. The summed E-state index contributed by atoms with van der Waals surface area (Å²) in [5, 5.41) is 25.7. The van der Waals surface area contributed by atoms with Crippen molar-refractivity contribution in [3.63, 3.8) is 0 Å². The van der Waals surface area contributed by atoms with Crippen molar-refractivity contribution in [3.05, 3.63) is 75.7 Å². The molecule has 34 heavy (non-hydrogen) atoms. The van der Waals surface area contributed by atoms with E-state index in [1.54, 1.807) is 0 Å². The number of aromatic nitrogens is 1. The number of nitro groups is 1. The highest BCUT2D eigenvalue weighted by Gasteiger charge is 2.29. The zero-order valence-corrected chi connectivity index (χ0v) is 19.3. The van der Waals surface area contributed by atoms with Gasteiger partial charge in [0.25, 0.3) is 11.6 Å². The smallest absolute Gasteiger partial charge is 0.287 e. The quantitative estimate of drug-likeness (QED) is 0.259. The van der Waals surface area contributed by atoms with Crippen LogP contribution in [0.2, 0.25) is 0 Å². The highest BCUT2D eigenvalue weighted by Crippen LogP contribution is 2.29. The molecule has 3 N–H and O–H groups in total. The minimum absolute atomic E-state index is 0.00782. The van der Waals surface area contributed by atoms with Crippen LogP contribution in [0.25, 0.3) is 0 Å². The zero-order valence-electron chi connectivity index (χ0n) is 19.3. The molecule has 2 aromatic rings. The maximum atomic E-state index is 12.7. The van der Waals surface area contributed by atoms with E-state index in [0.29, 0.717) is 37.9 Å². The average molecular weight is 471 g/mol. The molecule has 0 spiro atoms. The molecule has 0 bridgehead atoms. The van der Waals surface area contributed by atoms with Crippen LogP contribution in [0.5, 0.6) is 0 Å². The van der Waals surface area contributed by atoms with Gasteiger partial charge in [0.15, 0.2) is 5.76 Å². The lowest BCUT2D eigenvalue weighted by Gasteiger charge is -2.31. The summed E-state index contributed by atoms with van der Waals surface area (Å²) in [5.41, 5.74) is 1.70. The summed E-state index contributed by atoms with van der Waals surface area (Å²) in [7, 11) is 0. The minimum atomic E-state index is -0.543. The molecule has 1 aliphatic heterocycles. The molecule has 0 radical (unpaired) electrons. The number of hydrogen-bond donors (Lipinski definition) is 3. The van der Waals surface area contributed by atoms with Crippen LogP contribution in [0, 0.1) is 22.0 Å². The number of rotatable bonds is 11. The first-order valence-electron chi connectivity index (χ1n) is 11.2. The molecule has 1 aromatic heterocycles. The Balaban J connectivity index is 1.49. The van der Waals surface area contributed by atoms with E-state index in [1.165, 1.54) is 18.3 Å². The van der Waals surface area contributed by atoms with Crippen molar-refractivity contribution in [3.8, 4) is 0 Å². The molecule has 10 nitrogen and oxygen atoms in total. The maximum Gasteiger partial charge on any atom is 0.287 e. The second kappa shape index (κ2) is 12.1. The van der Waals surface area contributed by atoms with Gasteiger partial charge in [0.2, 0.25) is 6.29 Å². The number of anilines is 1. The van der Waals surface area contributed by atoms with Gasteiger partial charge in [-0.15, -0.1) is 0 Å². The SMILES string of the molecule is CC(C)C1C=C(C(=O)NCCNc2ccc([N+](=O)[O-])cn2)OC(OCc2ccc(CO)cc2)C1. The van der Waals surface area contributed by atoms with E-state index in [2.05, 4.69) is 29.5 Å². The molecule has 2 heterocycles. The van der Waals surface area contributed by atoms with Crippen molar-refractivity contribution < 1.29 is 24.3 Å². The van der Waals surface area contributed by atoms with Crippen molar-refractivity contribution in [2.75, 3.05) is 18.4 Å². The Morgan fingerprint density at radius 3 is 2.59 bits per heavy atom. The lowest BCUT2D eigenvalue weighted by atomic mass is 9.90. The third-order valence-electron chi connectivity index (χ3n) is 5.49. The Labute approximate surface area is 198 Å². The number of carbonyl (C=O) groups excluding carboxylic acids is 1. The molecule has 0 aliphatic carbocycles. The fraction of sp³-hybridized carbons (Fsp3) is 0.417. The van der Waals surface area contributed by atoms with E-state index in [4.69, 9.17) is 14.6 Å². The number of hydrogen-bond acceptors (Lipinski definition) is 8. The predicted octanol–water partition coefficient (Wildman–Crippen LogP) is 3.13. The molecular weight excluding hydrogens is 440 g/mol. The largest absolute Gasteiger partial charge is 0.459 e. The number of aliphatic hydroxyl groups excluding tert-OH is 1. The molecule has 1 aromatic carbocycles. The fourth-order valence-corrected chi connectivity index (χ4v) is 3.39. The number of pyridine rings is 1. The number of nitrogens with zero attached hydrogens (tertiary/aromatic N) is 2. The number of carbonyl (C=O) groups is 1. The van der Waals surface area contributed by atoms with Crippen molar-refractivity contribution in [2.45, 2.75) is 39.8 Å². The third kappa shape index (κ3) is 7.26. The van der Waals surface area contributed by atoms with E-state index in [1.807, 2.05) is 30.3 Å². The molecule has 10 heteroatoms. The van der Waals surface area contributed by atoms with E-state index in [-0.39, 0.29) is 29.9 Å².